The molecule has 0 radical (unpaired) electrons. The van der Waals surface area contributed by atoms with Crippen molar-refractivity contribution in [2.45, 2.75) is 6.92 Å². The minimum atomic E-state index is -0.448. The fraction of sp³-hybridized carbons (Fsp3) is 0.0526. The number of furan rings is 1. The first-order valence-corrected chi connectivity index (χ1v) is 7.63. The Balaban J connectivity index is 1.58. The Kier molecular flexibility index (Phi) is 4.89. The molecule has 2 aromatic carbocycles. The molecular weight excluding hydrogens is 321 g/mol. The zero-order valence-corrected chi connectivity index (χ0v) is 13.5. The van der Waals surface area contributed by atoms with E-state index >= 15 is 0 Å². The Bertz CT molecular complexity index is 901. The molecule has 2 N–H and O–H groups in total. The molecule has 0 bridgehead atoms. The lowest BCUT2D eigenvalue weighted by molar-refractivity contribution is 0.252. The first-order valence-electron chi connectivity index (χ1n) is 7.63. The summed E-state index contributed by atoms with van der Waals surface area (Å²) in [6, 6.07) is 16.4. The summed E-state index contributed by atoms with van der Waals surface area (Å²) in [6.07, 6.45) is 1.39. The third-order valence-corrected chi connectivity index (χ3v) is 3.51. The zero-order valence-electron chi connectivity index (χ0n) is 13.5. The average molecular weight is 337 g/mol. The number of amides is 2. The second-order valence-corrected chi connectivity index (χ2v) is 5.35. The summed E-state index contributed by atoms with van der Waals surface area (Å²) < 4.78 is 18.5. The molecule has 3 aromatic rings. The number of hydrazone groups is 1. The number of aryl methyl sites for hydroxylation is 1. The van der Waals surface area contributed by atoms with Crippen molar-refractivity contribution in [2.75, 3.05) is 5.32 Å². The second-order valence-electron chi connectivity index (χ2n) is 5.35. The second kappa shape index (κ2) is 7.44. The van der Waals surface area contributed by atoms with Gasteiger partial charge in [-0.2, -0.15) is 5.10 Å². The van der Waals surface area contributed by atoms with Crippen LogP contribution < -0.4 is 10.7 Å². The summed E-state index contributed by atoms with van der Waals surface area (Å²) in [5.74, 6) is 0.752. The molecule has 6 heteroatoms. The molecule has 0 spiro atoms. The van der Waals surface area contributed by atoms with Crippen LogP contribution >= 0.6 is 0 Å². The number of hydrogen-bond donors (Lipinski definition) is 2. The summed E-state index contributed by atoms with van der Waals surface area (Å²) in [5, 5.41) is 6.55. The van der Waals surface area contributed by atoms with Gasteiger partial charge in [0.05, 0.1) is 6.21 Å². The molecule has 0 aliphatic heterocycles. The van der Waals surface area contributed by atoms with Crippen molar-refractivity contribution < 1.29 is 13.6 Å². The first-order chi connectivity index (χ1) is 12.1. The maximum atomic E-state index is 12.9. The van der Waals surface area contributed by atoms with Crippen molar-refractivity contribution in [3.63, 3.8) is 0 Å². The van der Waals surface area contributed by atoms with E-state index in [4.69, 9.17) is 4.42 Å². The Morgan fingerprint density at radius 1 is 1.08 bits per heavy atom. The van der Waals surface area contributed by atoms with Crippen molar-refractivity contribution in [1.29, 1.82) is 0 Å². The molecule has 0 unspecified atom stereocenters. The van der Waals surface area contributed by atoms with Gasteiger partial charge in [0.1, 0.15) is 17.3 Å². The molecule has 0 atom stereocenters. The van der Waals surface area contributed by atoms with Crippen LogP contribution in [0, 0.1) is 12.7 Å². The van der Waals surface area contributed by atoms with E-state index < -0.39 is 6.03 Å². The van der Waals surface area contributed by atoms with Gasteiger partial charge in [-0.1, -0.05) is 18.2 Å². The molecule has 3 rings (SSSR count). The highest BCUT2D eigenvalue weighted by Crippen LogP contribution is 2.21. The van der Waals surface area contributed by atoms with E-state index in [1.807, 2.05) is 25.1 Å². The smallest absolute Gasteiger partial charge is 0.339 e. The van der Waals surface area contributed by atoms with E-state index in [0.717, 1.165) is 11.1 Å². The van der Waals surface area contributed by atoms with Gasteiger partial charge in [-0.15, -0.1) is 0 Å². The molecule has 2 amide bonds. The number of urea groups is 1. The van der Waals surface area contributed by atoms with Crippen molar-refractivity contribution in [1.82, 2.24) is 5.43 Å². The Morgan fingerprint density at radius 2 is 1.84 bits per heavy atom. The molecule has 1 heterocycles. The van der Waals surface area contributed by atoms with Gasteiger partial charge in [-0.25, -0.2) is 14.6 Å². The number of carbonyl (C=O) groups is 1. The van der Waals surface area contributed by atoms with Gasteiger partial charge in [0, 0.05) is 11.3 Å². The predicted molar refractivity (Wildman–Crippen MR) is 95.0 cm³/mol. The fourth-order valence-electron chi connectivity index (χ4n) is 2.21. The van der Waals surface area contributed by atoms with Crippen LogP contribution in [0.1, 0.15) is 11.3 Å². The fourth-order valence-corrected chi connectivity index (χ4v) is 2.21. The first kappa shape index (κ1) is 16.4. The van der Waals surface area contributed by atoms with Gasteiger partial charge in [0.25, 0.3) is 0 Å². The van der Waals surface area contributed by atoms with Gasteiger partial charge in [0.15, 0.2) is 0 Å². The molecule has 5 nitrogen and oxygen atoms in total. The van der Waals surface area contributed by atoms with Crippen LogP contribution in [0.25, 0.3) is 11.3 Å². The quantitative estimate of drug-likeness (QED) is 0.542. The lowest BCUT2D eigenvalue weighted by Crippen LogP contribution is -2.24. The number of para-hydroxylation sites is 1. The van der Waals surface area contributed by atoms with E-state index in [-0.39, 0.29) is 5.82 Å². The normalized spacial score (nSPS) is 10.8. The van der Waals surface area contributed by atoms with Crippen LogP contribution in [0.15, 0.2) is 70.2 Å². The summed E-state index contributed by atoms with van der Waals surface area (Å²) in [5.41, 5.74) is 4.80. The van der Waals surface area contributed by atoms with Gasteiger partial charge in [0.2, 0.25) is 0 Å². The Morgan fingerprint density at radius 3 is 2.60 bits per heavy atom. The molecule has 0 fully saturated rings. The highest BCUT2D eigenvalue weighted by Gasteiger charge is 2.05. The third-order valence-electron chi connectivity index (χ3n) is 3.51. The number of nitrogens with one attached hydrogen (secondary N) is 2. The lowest BCUT2D eigenvalue weighted by Gasteiger charge is -2.06. The third kappa shape index (κ3) is 4.32. The van der Waals surface area contributed by atoms with E-state index in [2.05, 4.69) is 15.8 Å². The van der Waals surface area contributed by atoms with Crippen LogP contribution in [0.5, 0.6) is 0 Å². The molecule has 0 aliphatic rings. The van der Waals surface area contributed by atoms with Crippen LogP contribution in [0.2, 0.25) is 0 Å². The van der Waals surface area contributed by atoms with Gasteiger partial charge in [-0.05, 0) is 55.0 Å². The average Bonchev–Trinajstić information content (AvgIpc) is 3.06. The molecule has 0 saturated carbocycles. The summed E-state index contributed by atoms with van der Waals surface area (Å²) in [4.78, 5) is 11.8. The van der Waals surface area contributed by atoms with Gasteiger partial charge in [-0.3, -0.25) is 0 Å². The molecular formula is C19H16FN3O2. The highest BCUT2D eigenvalue weighted by atomic mass is 19.1. The SMILES string of the molecule is Cc1ccccc1NC(=O)NN=Cc1ccc(-c2ccc(F)cc2)o1. The lowest BCUT2D eigenvalue weighted by atomic mass is 10.2. The molecule has 126 valence electrons. The van der Waals surface area contributed by atoms with E-state index in [1.54, 1.807) is 30.3 Å². The van der Waals surface area contributed by atoms with Crippen molar-refractivity contribution >= 4 is 17.9 Å². The van der Waals surface area contributed by atoms with Crippen molar-refractivity contribution in [3.8, 4) is 11.3 Å². The summed E-state index contributed by atoms with van der Waals surface area (Å²) in [7, 11) is 0. The molecule has 25 heavy (non-hydrogen) atoms. The number of hydrogen-bond acceptors (Lipinski definition) is 3. The monoisotopic (exact) mass is 337 g/mol. The Hall–Kier alpha value is -3.41. The number of carbonyl (C=O) groups excluding carboxylic acids is 1. The van der Waals surface area contributed by atoms with E-state index in [0.29, 0.717) is 17.2 Å². The van der Waals surface area contributed by atoms with Gasteiger partial charge >= 0.3 is 6.03 Å². The van der Waals surface area contributed by atoms with Crippen molar-refractivity contribution in [3.05, 3.63) is 77.8 Å². The largest absolute Gasteiger partial charge is 0.455 e. The molecule has 0 aliphatic carbocycles. The summed E-state index contributed by atoms with van der Waals surface area (Å²) >= 11 is 0. The summed E-state index contributed by atoms with van der Waals surface area (Å²) in [6.45, 7) is 1.90. The predicted octanol–water partition coefficient (Wildman–Crippen LogP) is 4.55. The standard InChI is InChI=1S/C19H16FN3O2/c1-13-4-2-3-5-17(13)22-19(24)23-21-12-16-10-11-18(25-16)14-6-8-15(20)9-7-14/h2-12H,1H3,(H2,22,23,24). The number of nitrogens with zero attached hydrogens (tertiary/aromatic N) is 1. The van der Waals surface area contributed by atoms with Crippen molar-refractivity contribution in [2.24, 2.45) is 5.10 Å². The Labute approximate surface area is 144 Å². The number of benzene rings is 2. The minimum Gasteiger partial charge on any atom is -0.455 e. The van der Waals surface area contributed by atoms with Crippen LogP contribution in [0.4, 0.5) is 14.9 Å². The minimum absolute atomic E-state index is 0.305. The molecule has 0 saturated heterocycles. The number of halogens is 1. The number of rotatable bonds is 4. The number of anilines is 1. The molecule has 1 aromatic heterocycles. The maximum Gasteiger partial charge on any atom is 0.339 e. The van der Waals surface area contributed by atoms with Crippen LogP contribution in [0.3, 0.4) is 0 Å². The van der Waals surface area contributed by atoms with Crippen LogP contribution in [-0.2, 0) is 0 Å². The maximum absolute atomic E-state index is 12.9. The zero-order chi connectivity index (χ0) is 17.6. The van der Waals surface area contributed by atoms with E-state index in [9.17, 15) is 9.18 Å². The topological polar surface area (TPSA) is 66.6 Å². The van der Waals surface area contributed by atoms with E-state index in [1.165, 1.54) is 18.3 Å². The van der Waals surface area contributed by atoms with Gasteiger partial charge < -0.3 is 9.73 Å². The van der Waals surface area contributed by atoms with Crippen LogP contribution in [-0.4, -0.2) is 12.2 Å². The highest BCUT2D eigenvalue weighted by molar-refractivity contribution is 5.90.